The molecule has 84 valence electrons. The van der Waals surface area contributed by atoms with Crippen LogP contribution in [0.3, 0.4) is 0 Å². The molecule has 0 spiro atoms. The minimum atomic E-state index is 0.458. The molecule has 0 unspecified atom stereocenters. The van der Waals surface area contributed by atoms with Gasteiger partial charge >= 0.3 is 0 Å². The number of pyridine rings is 2. The van der Waals surface area contributed by atoms with Crippen LogP contribution in [0.5, 0.6) is 0 Å². The highest BCUT2D eigenvalue weighted by atomic mass is 35.5. The van der Waals surface area contributed by atoms with Crippen LogP contribution >= 0.6 is 23.2 Å². The summed E-state index contributed by atoms with van der Waals surface area (Å²) in [5.41, 5.74) is 2.63. The Labute approximate surface area is 108 Å². The average molecular weight is 264 g/mol. The second-order valence-electron chi connectivity index (χ2n) is 3.56. The van der Waals surface area contributed by atoms with Crippen LogP contribution in [-0.4, -0.2) is 14.4 Å². The van der Waals surface area contributed by atoms with E-state index in [0.717, 1.165) is 16.9 Å². The zero-order valence-corrected chi connectivity index (χ0v) is 10.2. The van der Waals surface area contributed by atoms with Crippen molar-refractivity contribution in [1.29, 1.82) is 0 Å². The van der Waals surface area contributed by atoms with Gasteiger partial charge in [-0.05, 0) is 24.3 Å². The Morgan fingerprint density at radius 1 is 1.12 bits per heavy atom. The molecule has 0 bridgehead atoms. The van der Waals surface area contributed by atoms with E-state index in [0.29, 0.717) is 10.2 Å². The van der Waals surface area contributed by atoms with Gasteiger partial charge in [-0.25, -0.2) is 9.97 Å². The van der Waals surface area contributed by atoms with E-state index in [1.54, 1.807) is 18.5 Å². The number of hydrogen-bond acceptors (Lipinski definition) is 2. The Bertz CT molecular complexity index is 691. The molecule has 3 heterocycles. The van der Waals surface area contributed by atoms with Crippen LogP contribution in [0, 0.1) is 0 Å². The fourth-order valence-electron chi connectivity index (χ4n) is 1.75. The van der Waals surface area contributed by atoms with Gasteiger partial charge in [0.2, 0.25) is 0 Å². The van der Waals surface area contributed by atoms with Crippen molar-refractivity contribution < 1.29 is 0 Å². The first-order chi connectivity index (χ1) is 8.25. The van der Waals surface area contributed by atoms with E-state index in [-0.39, 0.29) is 0 Å². The van der Waals surface area contributed by atoms with Crippen molar-refractivity contribution in [2.75, 3.05) is 0 Å². The van der Waals surface area contributed by atoms with Crippen molar-refractivity contribution in [3.8, 4) is 11.3 Å². The predicted molar refractivity (Wildman–Crippen MR) is 68.4 cm³/mol. The third-order valence-corrected chi connectivity index (χ3v) is 3.01. The van der Waals surface area contributed by atoms with Crippen molar-refractivity contribution in [2.24, 2.45) is 0 Å². The first kappa shape index (κ1) is 10.6. The molecule has 3 aromatic heterocycles. The van der Waals surface area contributed by atoms with E-state index >= 15 is 0 Å². The first-order valence-electron chi connectivity index (χ1n) is 4.99. The Kier molecular flexibility index (Phi) is 2.50. The van der Waals surface area contributed by atoms with Crippen LogP contribution in [0.4, 0.5) is 0 Å². The molecule has 0 atom stereocenters. The van der Waals surface area contributed by atoms with Crippen molar-refractivity contribution >= 4 is 28.8 Å². The fourth-order valence-corrected chi connectivity index (χ4v) is 2.14. The molecular weight excluding hydrogens is 257 g/mol. The third kappa shape index (κ3) is 1.77. The molecule has 0 fully saturated rings. The highest BCUT2D eigenvalue weighted by molar-refractivity contribution is 6.33. The van der Waals surface area contributed by atoms with Gasteiger partial charge in [0.15, 0.2) is 5.65 Å². The molecule has 0 aromatic carbocycles. The van der Waals surface area contributed by atoms with Gasteiger partial charge in [-0.3, -0.25) is 4.40 Å². The van der Waals surface area contributed by atoms with E-state index in [1.807, 2.05) is 28.8 Å². The van der Waals surface area contributed by atoms with Crippen molar-refractivity contribution in [2.45, 2.75) is 0 Å². The number of hydrogen-bond donors (Lipinski definition) is 0. The quantitative estimate of drug-likeness (QED) is 0.627. The smallest absolute Gasteiger partial charge is 0.156 e. The lowest BCUT2D eigenvalue weighted by Gasteiger charge is -2.02. The van der Waals surface area contributed by atoms with Gasteiger partial charge in [-0.2, -0.15) is 0 Å². The summed E-state index contributed by atoms with van der Waals surface area (Å²) in [5.74, 6) is 0. The van der Waals surface area contributed by atoms with Crippen LogP contribution in [0.1, 0.15) is 0 Å². The molecule has 3 nitrogen and oxygen atoms in total. The molecule has 0 radical (unpaired) electrons. The molecule has 0 aliphatic rings. The number of imidazole rings is 1. The van der Waals surface area contributed by atoms with E-state index < -0.39 is 0 Å². The maximum atomic E-state index is 6.07. The number of halogens is 2. The monoisotopic (exact) mass is 263 g/mol. The van der Waals surface area contributed by atoms with Crippen LogP contribution in [0.2, 0.25) is 10.2 Å². The molecule has 0 aliphatic carbocycles. The first-order valence-corrected chi connectivity index (χ1v) is 5.75. The fraction of sp³-hybridized carbons (Fsp3) is 0. The minimum absolute atomic E-state index is 0.458. The Morgan fingerprint density at radius 3 is 2.82 bits per heavy atom. The average Bonchev–Trinajstić information content (AvgIpc) is 2.74. The maximum Gasteiger partial charge on any atom is 0.156 e. The zero-order chi connectivity index (χ0) is 11.8. The van der Waals surface area contributed by atoms with Crippen molar-refractivity contribution in [1.82, 2.24) is 14.4 Å². The van der Waals surface area contributed by atoms with Gasteiger partial charge in [0.25, 0.3) is 0 Å². The topological polar surface area (TPSA) is 30.2 Å². The second kappa shape index (κ2) is 4.02. The molecule has 5 heteroatoms. The Balaban J connectivity index is 2.28. The number of nitrogens with zero attached hydrogens (tertiary/aromatic N) is 3. The maximum absolute atomic E-state index is 6.07. The summed E-state index contributed by atoms with van der Waals surface area (Å²) in [5, 5.41) is 1.08. The number of fused-ring (bicyclic) bond motifs is 1. The van der Waals surface area contributed by atoms with Crippen LogP contribution in [0.25, 0.3) is 16.9 Å². The number of aromatic nitrogens is 3. The van der Waals surface area contributed by atoms with Gasteiger partial charge in [0, 0.05) is 18.0 Å². The summed E-state index contributed by atoms with van der Waals surface area (Å²) in [6, 6.07) is 7.37. The third-order valence-electron chi connectivity index (χ3n) is 2.51. The van der Waals surface area contributed by atoms with Crippen LogP contribution in [0.15, 0.2) is 42.9 Å². The molecule has 17 heavy (non-hydrogen) atoms. The van der Waals surface area contributed by atoms with Crippen molar-refractivity contribution in [3.05, 3.63) is 53.0 Å². The van der Waals surface area contributed by atoms with Crippen LogP contribution < -0.4 is 0 Å². The van der Waals surface area contributed by atoms with Gasteiger partial charge < -0.3 is 0 Å². The summed E-state index contributed by atoms with van der Waals surface area (Å²) in [6.45, 7) is 0. The molecule has 0 aliphatic heterocycles. The normalized spacial score (nSPS) is 10.9. The van der Waals surface area contributed by atoms with E-state index in [1.165, 1.54) is 0 Å². The van der Waals surface area contributed by atoms with Gasteiger partial charge in [0.05, 0.1) is 16.9 Å². The molecule has 0 saturated carbocycles. The van der Waals surface area contributed by atoms with Gasteiger partial charge in [0.1, 0.15) is 5.15 Å². The highest BCUT2D eigenvalue weighted by Crippen LogP contribution is 2.25. The largest absolute Gasteiger partial charge is 0.298 e. The minimum Gasteiger partial charge on any atom is -0.298 e. The summed E-state index contributed by atoms with van der Waals surface area (Å²) in [6.07, 6.45) is 5.35. The lowest BCUT2D eigenvalue weighted by molar-refractivity contribution is 1.19. The standard InChI is InChI=1S/C12H7Cl2N3/c13-9-2-1-5-17-10(7-16-12(9)17)8-3-4-15-11(14)6-8/h1-7H. The summed E-state index contributed by atoms with van der Waals surface area (Å²) >= 11 is 11.9. The van der Waals surface area contributed by atoms with Crippen molar-refractivity contribution in [3.63, 3.8) is 0 Å². The molecule has 3 aromatic rings. The molecule has 0 amide bonds. The molecule has 0 N–H and O–H groups in total. The number of rotatable bonds is 1. The summed E-state index contributed by atoms with van der Waals surface area (Å²) < 4.78 is 1.92. The lowest BCUT2D eigenvalue weighted by atomic mass is 10.2. The lowest BCUT2D eigenvalue weighted by Crippen LogP contribution is -1.88. The SMILES string of the molecule is Clc1cc(-c2cnc3c(Cl)cccn23)ccn1. The van der Waals surface area contributed by atoms with E-state index in [2.05, 4.69) is 9.97 Å². The second-order valence-corrected chi connectivity index (χ2v) is 4.35. The summed E-state index contributed by atoms with van der Waals surface area (Å²) in [7, 11) is 0. The van der Waals surface area contributed by atoms with Gasteiger partial charge in [-0.1, -0.05) is 23.2 Å². The Hall–Kier alpha value is -1.58. The van der Waals surface area contributed by atoms with E-state index in [9.17, 15) is 0 Å². The zero-order valence-electron chi connectivity index (χ0n) is 8.64. The summed E-state index contributed by atoms with van der Waals surface area (Å²) in [4.78, 5) is 8.25. The van der Waals surface area contributed by atoms with Gasteiger partial charge in [-0.15, -0.1) is 0 Å². The Morgan fingerprint density at radius 2 is 2.00 bits per heavy atom. The molecule has 0 saturated heterocycles. The highest BCUT2D eigenvalue weighted by Gasteiger charge is 2.08. The van der Waals surface area contributed by atoms with E-state index in [4.69, 9.17) is 23.2 Å². The van der Waals surface area contributed by atoms with Crippen LogP contribution in [-0.2, 0) is 0 Å². The molecule has 3 rings (SSSR count). The predicted octanol–water partition coefficient (Wildman–Crippen LogP) is 3.70. The molecular formula is C12H7Cl2N3.